The highest BCUT2D eigenvalue weighted by Crippen LogP contribution is 2.15. The molecule has 0 saturated carbocycles. The summed E-state index contributed by atoms with van der Waals surface area (Å²) in [4.78, 5) is 4.22. The Morgan fingerprint density at radius 3 is 1.59 bits per heavy atom. The highest BCUT2D eigenvalue weighted by molar-refractivity contribution is 7.05. The highest BCUT2D eigenvalue weighted by Gasteiger charge is 2.07. The number of tetrazole rings is 1. The minimum atomic E-state index is 0. The lowest BCUT2D eigenvalue weighted by atomic mass is 10.2. The molecule has 0 bridgehead atoms. The fourth-order valence-electron chi connectivity index (χ4n) is 2.20. The van der Waals surface area contributed by atoms with E-state index in [-0.39, 0.29) is 7.43 Å². The highest BCUT2D eigenvalue weighted by atomic mass is 32.1. The molecule has 0 amide bonds. The quantitative estimate of drug-likeness (QED) is 0.622. The minimum Gasteiger partial charge on any atom is -0.318 e. The molecule has 0 aliphatic carbocycles. The summed E-state index contributed by atoms with van der Waals surface area (Å²) in [5.41, 5.74) is 0. The molecule has 0 unspecified atom stereocenters. The standard InChI is InChI=1S/C7H13N3.C6H10N2S.C5H10N4.CH4/c1-5(2)7-9-8-6(3)10(7)4;1-4(2)6-7-5(3)8-9-6;1-4(2)5-6-7-8-9(5)3;/h5H,1-4H3;2*4H,1-3H3;1H4. The van der Waals surface area contributed by atoms with E-state index in [0.29, 0.717) is 17.8 Å². The van der Waals surface area contributed by atoms with E-state index >= 15 is 0 Å². The lowest BCUT2D eigenvalue weighted by molar-refractivity contribution is 0.645. The maximum atomic E-state index is 4.22. The van der Waals surface area contributed by atoms with Gasteiger partial charge in [0, 0.05) is 31.8 Å². The molecule has 10 heteroatoms. The number of aromatic nitrogens is 9. The van der Waals surface area contributed by atoms with Crippen molar-refractivity contribution in [2.24, 2.45) is 14.1 Å². The van der Waals surface area contributed by atoms with Crippen molar-refractivity contribution in [3.8, 4) is 0 Å². The Bertz CT molecular complexity index is 830. The van der Waals surface area contributed by atoms with Crippen LogP contribution in [0.25, 0.3) is 0 Å². The van der Waals surface area contributed by atoms with Crippen LogP contribution in [0.1, 0.15) is 95.0 Å². The van der Waals surface area contributed by atoms with E-state index in [1.54, 1.807) is 4.68 Å². The van der Waals surface area contributed by atoms with Gasteiger partial charge in [-0.2, -0.15) is 4.37 Å². The molecule has 9 nitrogen and oxygen atoms in total. The summed E-state index contributed by atoms with van der Waals surface area (Å²) in [7, 11) is 3.83. The molecule has 0 aliphatic rings. The molecular weight excluding hydrogens is 386 g/mol. The molecule has 0 spiro atoms. The second kappa shape index (κ2) is 12.4. The van der Waals surface area contributed by atoms with Gasteiger partial charge in [0.1, 0.15) is 22.5 Å². The zero-order chi connectivity index (χ0) is 21.4. The van der Waals surface area contributed by atoms with Crippen LogP contribution in [-0.2, 0) is 14.1 Å². The normalized spacial score (nSPS) is 10.4. The Morgan fingerprint density at radius 1 is 0.793 bits per heavy atom. The first-order valence-corrected chi connectivity index (χ1v) is 10.2. The molecular formula is C19H37N9S. The van der Waals surface area contributed by atoms with Gasteiger partial charge in [0.05, 0.1) is 0 Å². The van der Waals surface area contributed by atoms with Crippen molar-refractivity contribution < 1.29 is 0 Å². The Balaban J connectivity index is 0.000000399. The van der Waals surface area contributed by atoms with Crippen LogP contribution < -0.4 is 0 Å². The second-order valence-corrected chi connectivity index (χ2v) is 8.25. The predicted molar refractivity (Wildman–Crippen MR) is 118 cm³/mol. The van der Waals surface area contributed by atoms with E-state index in [2.05, 4.69) is 76.6 Å². The van der Waals surface area contributed by atoms with E-state index in [1.807, 2.05) is 32.5 Å². The molecule has 0 atom stereocenters. The third kappa shape index (κ3) is 8.35. The van der Waals surface area contributed by atoms with Gasteiger partial charge >= 0.3 is 0 Å². The van der Waals surface area contributed by atoms with Crippen LogP contribution in [0.4, 0.5) is 0 Å². The van der Waals surface area contributed by atoms with Crippen molar-refractivity contribution in [3.63, 3.8) is 0 Å². The fraction of sp³-hybridized carbons (Fsp3) is 0.737. The molecule has 3 heterocycles. The van der Waals surface area contributed by atoms with Crippen molar-refractivity contribution in [1.82, 2.24) is 44.3 Å². The van der Waals surface area contributed by atoms with Crippen molar-refractivity contribution in [1.29, 1.82) is 0 Å². The number of aryl methyl sites for hydroxylation is 3. The average molecular weight is 424 g/mol. The summed E-state index contributed by atoms with van der Waals surface area (Å²) in [6.07, 6.45) is 0. The molecule has 0 aromatic carbocycles. The summed E-state index contributed by atoms with van der Waals surface area (Å²) < 4.78 is 7.77. The third-order valence-electron chi connectivity index (χ3n) is 3.85. The van der Waals surface area contributed by atoms with Crippen LogP contribution in [0.5, 0.6) is 0 Å². The molecule has 0 aliphatic heterocycles. The topological polar surface area (TPSA) is 100 Å². The van der Waals surface area contributed by atoms with Gasteiger partial charge in [-0.1, -0.05) is 49.0 Å². The first kappa shape index (κ1) is 26.8. The third-order valence-corrected chi connectivity index (χ3v) is 4.95. The molecule has 0 radical (unpaired) electrons. The van der Waals surface area contributed by atoms with Crippen LogP contribution in [-0.4, -0.2) is 44.3 Å². The fourth-order valence-corrected chi connectivity index (χ4v) is 2.85. The molecule has 0 fully saturated rings. The first-order valence-electron chi connectivity index (χ1n) is 9.42. The number of hydrogen-bond donors (Lipinski definition) is 0. The molecule has 0 N–H and O–H groups in total. The largest absolute Gasteiger partial charge is 0.318 e. The van der Waals surface area contributed by atoms with Gasteiger partial charge in [-0.05, 0) is 35.8 Å². The van der Waals surface area contributed by atoms with Gasteiger partial charge in [-0.3, -0.25) is 0 Å². The zero-order valence-corrected chi connectivity index (χ0v) is 19.5. The number of nitrogens with zero attached hydrogens (tertiary/aromatic N) is 9. The maximum Gasteiger partial charge on any atom is 0.153 e. The van der Waals surface area contributed by atoms with Crippen molar-refractivity contribution in [3.05, 3.63) is 28.3 Å². The summed E-state index contributed by atoms with van der Waals surface area (Å²) in [6.45, 7) is 16.5. The van der Waals surface area contributed by atoms with E-state index in [0.717, 1.165) is 28.3 Å². The minimum absolute atomic E-state index is 0. The summed E-state index contributed by atoms with van der Waals surface area (Å²) >= 11 is 1.50. The van der Waals surface area contributed by atoms with Gasteiger partial charge < -0.3 is 4.57 Å². The van der Waals surface area contributed by atoms with Gasteiger partial charge in [0.15, 0.2) is 5.82 Å². The Morgan fingerprint density at radius 2 is 1.38 bits per heavy atom. The van der Waals surface area contributed by atoms with Gasteiger partial charge in [-0.15, -0.1) is 15.3 Å². The molecule has 29 heavy (non-hydrogen) atoms. The van der Waals surface area contributed by atoms with Crippen LogP contribution in [0.3, 0.4) is 0 Å². The van der Waals surface area contributed by atoms with E-state index in [4.69, 9.17) is 0 Å². The Hall–Kier alpha value is -2.23. The molecule has 0 saturated heterocycles. The Labute approximate surface area is 179 Å². The smallest absolute Gasteiger partial charge is 0.153 e. The summed E-state index contributed by atoms with van der Waals surface area (Å²) in [6, 6.07) is 0. The maximum absolute atomic E-state index is 4.22. The molecule has 164 valence electrons. The van der Waals surface area contributed by atoms with Crippen molar-refractivity contribution in [2.45, 2.75) is 80.6 Å². The van der Waals surface area contributed by atoms with Crippen LogP contribution >= 0.6 is 11.5 Å². The molecule has 3 aromatic rings. The van der Waals surface area contributed by atoms with Gasteiger partial charge in [-0.25, -0.2) is 9.67 Å². The van der Waals surface area contributed by atoms with E-state index in [1.165, 1.54) is 11.5 Å². The summed E-state index contributed by atoms with van der Waals surface area (Å²) in [5, 5.41) is 20.1. The van der Waals surface area contributed by atoms with Crippen LogP contribution in [0, 0.1) is 13.8 Å². The SMILES string of the molecule is C.CC(C)c1nnnn1C.Cc1nnc(C(C)C)n1C.Cc1nsc(C(C)C)n1. The van der Waals surface area contributed by atoms with Gasteiger partial charge in [0.2, 0.25) is 0 Å². The van der Waals surface area contributed by atoms with E-state index < -0.39 is 0 Å². The average Bonchev–Trinajstić information content (AvgIpc) is 3.31. The lowest BCUT2D eigenvalue weighted by Crippen LogP contribution is -2.00. The molecule has 3 aromatic heterocycles. The summed E-state index contributed by atoms with van der Waals surface area (Å²) in [5.74, 6) is 5.24. The van der Waals surface area contributed by atoms with Gasteiger partial charge in [0.25, 0.3) is 0 Å². The monoisotopic (exact) mass is 423 g/mol. The second-order valence-electron chi connectivity index (χ2n) is 7.47. The first-order chi connectivity index (χ1) is 13.0. The predicted octanol–water partition coefficient (Wildman–Crippen LogP) is 4.19. The van der Waals surface area contributed by atoms with Crippen LogP contribution in [0.2, 0.25) is 0 Å². The van der Waals surface area contributed by atoms with Crippen molar-refractivity contribution >= 4 is 11.5 Å². The van der Waals surface area contributed by atoms with Crippen LogP contribution in [0.15, 0.2) is 0 Å². The zero-order valence-electron chi connectivity index (χ0n) is 18.7. The number of hydrogen-bond acceptors (Lipinski definition) is 8. The molecule has 3 rings (SSSR count). The lowest BCUT2D eigenvalue weighted by Gasteiger charge is -2.02. The Kier molecular flexibility index (Phi) is 11.4. The van der Waals surface area contributed by atoms with E-state index in [9.17, 15) is 0 Å². The van der Waals surface area contributed by atoms with Crippen molar-refractivity contribution in [2.75, 3.05) is 0 Å². The number of rotatable bonds is 3.